The minimum atomic E-state index is -0.268. The molecule has 3 atom stereocenters. The Kier molecular flexibility index (Phi) is 3.67. The van der Waals surface area contributed by atoms with Crippen molar-refractivity contribution in [1.29, 1.82) is 0 Å². The van der Waals surface area contributed by atoms with Gasteiger partial charge in [-0.1, -0.05) is 12.1 Å². The Morgan fingerprint density at radius 2 is 2.00 bits per heavy atom. The van der Waals surface area contributed by atoms with Gasteiger partial charge in [-0.15, -0.1) is 0 Å². The van der Waals surface area contributed by atoms with Crippen molar-refractivity contribution in [3.8, 4) is 0 Å². The molecule has 2 amide bonds. The lowest BCUT2D eigenvalue weighted by Crippen LogP contribution is -2.60. The number of nitrogens with one attached hydrogen (secondary N) is 1. The number of benzene rings is 1. The van der Waals surface area contributed by atoms with Gasteiger partial charge >= 0.3 is 0 Å². The highest BCUT2D eigenvalue weighted by molar-refractivity contribution is 5.98. The topological polar surface area (TPSA) is 65.5 Å². The summed E-state index contributed by atoms with van der Waals surface area (Å²) < 4.78 is 0. The number of hydrogen-bond acceptors (Lipinski definition) is 4. The number of aromatic nitrogens is 1. The lowest BCUT2D eigenvalue weighted by atomic mass is 10.1. The van der Waals surface area contributed by atoms with E-state index in [2.05, 4.69) is 28.5 Å². The van der Waals surface area contributed by atoms with E-state index < -0.39 is 0 Å². The molecule has 3 fully saturated rings. The zero-order valence-electron chi connectivity index (χ0n) is 14.6. The van der Waals surface area contributed by atoms with Gasteiger partial charge in [0.05, 0.1) is 5.52 Å². The summed E-state index contributed by atoms with van der Waals surface area (Å²) in [5.74, 6) is 0.293. The highest BCUT2D eigenvalue weighted by atomic mass is 16.2. The fourth-order valence-electron chi connectivity index (χ4n) is 4.63. The van der Waals surface area contributed by atoms with Crippen LogP contribution < -0.4 is 5.32 Å². The van der Waals surface area contributed by atoms with Crippen LogP contribution in [0.5, 0.6) is 0 Å². The molecule has 1 N–H and O–H groups in total. The second kappa shape index (κ2) is 6.06. The summed E-state index contributed by atoms with van der Waals surface area (Å²) in [6.07, 6.45) is 4.27. The summed E-state index contributed by atoms with van der Waals surface area (Å²) in [4.78, 5) is 33.4. The molecular formula is C20H22N4O2. The van der Waals surface area contributed by atoms with Crippen LogP contribution >= 0.6 is 0 Å². The summed E-state index contributed by atoms with van der Waals surface area (Å²) in [6.45, 7) is 2.10. The van der Waals surface area contributed by atoms with E-state index in [0.29, 0.717) is 13.0 Å². The van der Waals surface area contributed by atoms with Gasteiger partial charge in [-0.25, -0.2) is 0 Å². The Bertz CT molecular complexity index is 853. The molecule has 3 aliphatic heterocycles. The van der Waals surface area contributed by atoms with Crippen molar-refractivity contribution in [2.45, 2.75) is 43.9 Å². The zero-order chi connectivity index (χ0) is 17.7. The van der Waals surface area contributed by atoms with Crippen molar-refractivity contribution < 1.29 is 9.59 Å². The van der Waals surface area contributed by atoms with Gasteiger partial charge in [-0.05, 0) is 43.0 Å². The summed E-state index contributed by atoms with van der Waals surface area (Å²) in [7, 11) is 0. The van der Waals surface area contributed by atoms with Gasteiger partial charge in [0, 0.05) is 37.3 Å². The van der Waals surface area contributed by atoms with Crippen LogP contribution in [0.2, 0.25) is 0 Å². The van der Waals surface area contributed by atoms with Crippen LogP contribution in [0.1, 0.15) is 24.8 Å². The van der Waals surface area contributed by atoms with Gasteiger partial charge in [0.25, 0.3) is 0 Å². The average molecular weight is 350 g/mol. The van der Waals surface area contributed by atoms with E-state index in [1.165, 1.54) is 5.56 Å². The van der Waals surface area contributed by atoms with E-state index in [1.807, 2.05) is 21.9 Å². The maximum Gasteiger partial charge on any atom is 0.246 e. The fourth-order valence-corrected chi connectivity index (χ4v) is 4.63. The zero-order valence-corrected chi connectivity index (χ0v) is 14.6. The van der Waals surface area contributed by atoms with Gasteiger partial charge in [0.2, 0.25) is 11.8 Å². The Morgan fingerprint density at radius 3 is 2.92 bits per heavy atom. The van der Waals surface area contributed by atoms with Gasteiger partial charge in [-0.2, -0.15) is 0 Å². The number of fused-ring (bicyclic) bond motifs is 3. The number of amides is 2. The molecule has 0 radical (unpaired) electrons. The molecule has 26 heavy (non-hydrogen) atoms. The first-order chi connectivity index (χ1) is 12.7. The van der Waals surface area contributed by atoms with Crippen LogP contribution in [0, 0.1) is 0 Å². The number of carbonyl (C=O) groups excluding carboxylic acids is 2. The molecular weight excluding hydrogens is 328 g/mol. The highest BCUT2D eigenvalue weighted by Crippen LogP contribution is 2.32. The van der Waals surface area contributed by atoms with Crippen molar-refractivity contribution in [1.82, 2.24) is 20.1 Å². The molecule has 1 aromatic heterocycles. The first-order valence-electron chi connectivity index (χ1n) is 9.39. The molecule has 3 aliphatic rings. The number of carbonyl (C=O) groups is 2. The smallest absolute Gasteiger partial charge is 0.246 e. The van der Waals surface area contributed by atoms with Gasteiger partial charge in [-0.3, -0.25) is 14.6 Å². The standard InChI is InChI=1S/C20H22N4O2/c25-19-17-4-2-8-23(17)20(26)18-10-15(12-24(18)19)22-11-13-5-6-16-14(9-13)3-1-7-21-16/h1,3,5-7,9,15,17-18,22H,2,4,8,10-12H2/t15-,17-,18-/m0/s1. The molecule has 134 valence electrons. The van der Waals surface area contributed by atoms with Crippen LogP contribution in [-0.4, -0.2) is 57.8 Å². The average Bonchev–Trinajstić information content (AvgIpc) is 3.32. The normalized spacial score (nSPS) is 27.9. The third-order valence-corrected chi connectivity index (χ3v) is 5.95. The van der Waals surface area contributed by atoms with E-state index in [9.17, 15) is 9.59 Å². The number of piperazine rings is 1. The summed E-state index contributed by atoms with van der Waals surface area (Å²) in [5, 5.41) is 4.67. The molecule has 3 saturated heterocycles. The quantitative estimate of drug-likeness (QED) is 0.906. The lowest BCUT2D eigenvalue weighted by Gasteiger charge is -2.38. The predicted molar refractivity (Wildman–Crippen MR) is 97.2 cm³/mol. The Labute approximate surface area is 152 Å². The monoisotopic (exact) mass is 350 g/mol. The van der Waals surface area contributed by atoms with Crippen LogP contribution in [0.15, 0.2) is 36.5 Å². The van der Waals surface area contributed by atoms with E-state index in [4.69, 9.17) is 0 Å². The third-order valence-electron chi connectivity index (χ3n) is 5.95. The molecule has 2 aromatic rings. The molecule has 6 heteroatoms. The molecule has 6 nitrogen and oxygen atoms in total. The van der Waals surface area contributed by atoms with Crippen LogP contribution in [0.4, 0.5) is 0 Å². The van der Waals surface area contributed by atoms with Gasteiger partial charge in [0.1, 0.15) is 12.1 Å². The van der Waals surface area contributed by atoms with Crippen molar-refractivity contribution in [3.63, 3.8) is 0 Å². The molecule has 0 spiro atoms. The van der Waals surface area contributed by atoms with Gasteiger partial charge in [0.15, 0.2) is 0 Å². The first-order valence-corrected chi connectivity index (χ1v) is 9.39. The van der Waals surface area contributed by atoms with E-state index in [0.717, 1.165) is 36.8 Å². The summed E-state index contributed by atoms with van der Waals surface area (Å²) in [5.41, 5.74) is 2.18. The first kappa shape index (κ1) is 15.8. The van der Waals surface area contributed by atoms with Crippen molar-refractivity contribution in [2.75, 3.05) is 13.1 Å². The highest BCUT2D eigenvalue weighted by Gasteiger charge is 2.51. The SMILES string of the molecule is O=C1[C@@H]2C[C@H](NCc3ccc4ncccc4c3)CN2C(=O)[C@@H]2CCCN12. The van der Waals surface area contributed by atoms with Crippen molar-refractivity contribution >= 4 is 22.7 Å². The number of rotatable bonds is 3. The number of pyridine rings is 1. The Balaban J connectivity index is 1.27. The minimum absolute atomic E-state index is 0.146. The van der Waals surface area contributed by atoms with Crippen molar-refractivity contribution in [3.05, 3.63) is 42.1 Å². The van der Waals surface area contributed by atoms with Crippen LogP contribution in [0.3, 0.4) is 0 Å². The number of nitrogens with zero attached hydrogens (tertiary/aromatic N) is 3. The molecule has 0 saturated carbocycles. The van der Waals surface area contributed by atoms with E-state index >= 15 is 0 Å². The summed E-state index contributed by atoms with van der Waals surface area (Å²) in [6, 6.07) is 9.95. The Morgan fingerprint density at radius 1 is 1.12 bits per heavy atom. The van der Waals surface area contributed by atoms with E-state index in [1.54, 1.807) is 6.20 Å². The lowest BCUT2D eigenvalue weighted by molar-refractivity contribution is -0.156. The second-order valence-corrected chi connectivity index (χ2v) is 7.54. The van der Waals surface area contributed by atoms with Crippen LogP contribution in [0.25, 0.3) is 10.9 Å². The maximum absolute atomic E-state index is 12.7. The summed E-state index contributed by atoms with van der Waals surface area (Å²) >= 11 is 0. The second-order valence-electron chi connectivity index (χ2n) is 7.54. The van der Waals surface area contributed by atoms with E-state index in [-0.39, 0.29) is 29.9 Å². The minimum Gasteiger partial charge on any atom is -0.329 e. The molecule has 4 heterocycles. The molecule has 1 aromatic carbocycles. The maximum atomic E-state index is 12.7. The molecule has 0 aliphatic carbocycles. The largest absolute Gasteiger partial charge is 0.329 e. The van der Waals surface area contributed by atoms with Crippen LogP contribution in [-0.2, 0) is 16.1 Å². The third kappa shape index (κ3) is 2.48. The molecule has 0 unspecified atom stereocenters. The fraction of sp³-hybridized carbons (Fsp3) is 0.450. The number of hydrogen-bond donors (Lipinski definition) is 1. The van der Waals surface area contributed by atoms with Gasteiger partial charge < -0.3 is 15.1 Å². The molecule has 5 rings (SSSR count). The Hall–Kier alpha value is -2.47. The molecule has 0 bridgehead atoms. The van der Waals surface area contributed by atoms with Crippen molar-refractivity contribution in [2.24, 2.45) is 0 Å². The predicted octanol–water partition coefficient (Wildman–Crippen LogP) is 1.30.